The van der Waals surface area contributed by atoms with E-state index in [0.29, 0.717) is 11.1 Å². The minimum atomic E-state index is -1.30. The average molecular weight is 172 g/mol. The average Bonchev–Trinajstić information content (AvgIpc) is 2.17. The molecule has 0 fully saturated rings. The maximum absolute atomic E-state index is 10.4. The standard InChI is InChI=1S/C10H7NO2/c1-7(10(12)13)9-4-2-8(6-11)3-5-9/h2-5H,1H2,(H,12,13)/p-1. The molecule has 3 heteroatoms. The number of aliphatic carboxylic acids is 1. The molecule has 3 nitrogen and oxygen atoms in total. The SMILES string of the molecule is C=C(C(=O)[O-])c1ccc(C#N)cc1. The second kappa shape index (κ2) is 3.55. The van der Waals surface area contributed by atoms with Crippen molar-refractivity contribution in [1.29, 1.82) is 5.26 Å². The molecule has 0 heterocycles. The van der Waals surface area contributed by atoms with Crippen molar-refractivity contribution in [2.24, 2.45) is 0 Å². The number of carbonyl (C=O) groups is 1. The van der Waals surface area contributed by atoms with Gasteiger partial charge in [0.15, 0.2) is 0 Å². The fourth-order valence-corrected chi connectivity index (χ4v) is 0.864. The molecule has 0 aromatic heterocycles. The van der Waals surface area contributed by atoms with Gasteiger partial charge in [0.1, 0.15) is 0 Å². The molecule has 0 saturated carbocycles. The van der Waals surface area contributed by atoms with Crippen molar-refractivity contribution in [2.45, 2.75) is 0 Å². The van der Waals surface area contributed by atoms with Crippen LogP contribution in [0.2, 0.25) is 0 Å². The van der Waals surface area contributed by atoms with Crippen molar-refractivity contribution in [3.8, 4) is 6.07 Å². The normalized spacial score (nSPS) is 8.85. The van der Waals surface area contributed by atoms with E-state index in [9.17, 15) is 9.90 Å². The molecule has 1 aromatic carbocycles. The van der Waals surface area contributed by atoms with Crippen LogP contribution >= 0.6 is 0 Å². The van der Waals surface area contributed by atoms with Crippen molar-refractivity contribution in [3.63, 3.8) is 0 Å². The number of hydrogen-bond acceptors (Lipinski definition) is 3. The zero-order valence-electron chi connectivity index (χ0n) is 6.78. The summed E-state index contributed by atoms with van der Waals surface area (Å²) < 4.78 is 0. The van der Waals surface area contributed by atoms with Crippen molar-refractivity contribution in [3.05, 3.63) is 42.0 Å². The third kappa shape index (κ3) is 1.94. The van der Waals surface area contributed by atoms with Crippen molar-refractivity contribution >= 4 is 11.5 Å². The zero-order chi connectivity index (χ0) is 9.84. The Morgan fingerprint density at radius 3 is 2.31 bits per heavy atom. The number of rotatable bonds is 2. The molecule has 0 aliphatic heterocycles. The number of carbonyl (C=O) groups excluding carboxylic acids is 1. The summed E-state index contributed by atoms with van der Waals surface area (Å²) in [6, 6.07) is 8.04. The smallest absolute Gasteiger partial charge is 0.0991 e. The number of benzene rings is 1. The van der Waals surface area contributed by atoms with Crippen LogP contribution in [0.4, 0.5) is 0 Å². The van der Waals surface area contributed by atoms with Crippen molar-refractivity contribution in [1.82, 2.24) is 0 Å². The topological polar surface area (TPSA) is 63.9 Å². The van der Waals surface area contributed by atoms with Crippen LogP contribution in [0.15, 0.2) is 30.8 Å². The minimum absolute atomic E-state index is 0.0792. The molecule has 0 bridgehead atoms. The van der Waals surface area contributed by atoms with Gasteiger partial charge < -0.3 is 9.90 Å². The van der Waals surface area contributed by atoms with Gasteiger partial charge in [-0.05, 0) is 23.3 Å². The van der Waals surface area contributed by atoms with Gasteiger partial charge in [0, 0.05) is 0 Å². The Morgan fingerprint density at radius 1 is 1.38 bits per heavy atom. The van der Waals surface area contributed by atoms with Crippen molar-refractivity contribution in [2.75, 3.05) is 0 Å². The van der Waals surface area contributed by atoms with E-state index in [-0.39, 0.29) is 5.57 Å². The maximum Gasteiger partial charge on any atom is 0.0991 e. The highest BCUT2D eigenvalue weighted by Gasteiger charge is 1.98. The first-order valence-electron chi connectivity index (χ1n) is 3.56. The first-order valence-corrected chi connectivity index (χ1v) is 3.56. The summed E-state index contributed by atoms with van der Waals surface area (Å²) in [6.07, 6.45) is 0. The van der Waals surface area contributed by atoms with E-state index in [0.717, 1.165) is 0 Å². The van der Waals surface area contributed by atoms with Crippen LogP contribution in [0.3, 0.4) is 0 Å². The molecule has 1 rings (SSSR count). The van der Waals surface area contributed by atoms with E-state index >= 15 is 0 Å². The Hall–Kier alpha value is -2.08. The minimum Gasteiger partial charge on any atom is -0.545 e. The predicted octanol–water partition coefficient (Wildman–Crippen LogP) is 0.321. The summed E-state index contributed by atoms with van der Waals surface area (Å²) in [5.74, 6) is -1.30. The van der Waals surface area contributed by atoms with E-state index < -0.39 is 5.97 Å². The summed E-state index contributed by atoms with van der Waals surface area (Å²) in [4.78, 5) is 10.4. The Kier molecular flexibility index (Phi) is 2.46. The van der Waals surface area contributed by atoms with Gasteiger partial charge in [0.25, 0.3) is 0 Å². The maximum atomic E-state index is 10.4. The molecular formula is C10H6NO2-. The van der Waals surface area contributed by atoms with E-state index in [1.54, 1.807) is 0 Å². The number of hydrogen-bond donors (Lipinski definition) is 0. The highest BCUT2D eigenvalue weighted by atomic mass is 16.4. The van der Waals surface area contributed by atoms with Gasteiger partial charge in [-0.25, -0.2) is 0 Å². The number of carboxylic acid groups (broad SMARTS) is 1. The Balaban J connectivity index is 3.01. The monoisotopic (exact) mass is 172 g/mol. The molecular weight excluding hydrogens is 166 g/mol. The lowest BCUT2D eigenvalue weighted by Gasteiger charge is -2.05. The molecule has 0 saturated heterocycles. The van der Waals surface area contributed by atoms with Crippen LogP contribution < -0.4 is 5.11 Å². The highest BCUT2D eigenvalue weighted by Crippen LogP contribution is 2.11. The van der Waals surface area contributed by atoms with Gasteiger partial charge >= 0.3 is 0 Å². The lowest BCUT2D eigenvalue weighted by molar-refractivity contribution is -0.295. The molecule has 0 N–H and O–H groups in total. The third-order valence-electron chi connectivity index (χ3n) is 1.61. The van der Waals surface area contributed by atoms with Gasteiger partial charge in [-0.2, -0.15) is 5.26 Å². The van der Waals surface area contributed by atoms with Crippen LogP contribution in [0, 0.1) is 11.3 Å². The first-order chi connectivity index (χ1) is 6.15. The fraction of sp³-hybridized carbons (Fsp3) is 0. The van der Waals surface area contributed by atoms with Crippen molar-refractivity contribution < 1.29 is 9.90 Å². The fourth-order valence-electron chi connectivity index (χ4n) is 0.864. The van der Waals surface area contributed by atoms with Gasteiger partial charge in [-0.15, -0.1) is 0 Å². The number of nitriles is 1. The first kappa shape index (κ1) is 9.01. The van der Waals surface area contributed by atoms with Crippen LogP contribution in [0.1, 0.15) is 11.1 Å². The summed E-state index contributed by atoms with van der Waals surface area (Å²) in [5, 5.41) is 18.9. The van der Waals surface area contributed by atoms with Gasteiger partial charge in [-0.1, -0.05) is 18.7 Å². The molecule has 1 aromatic rings. The summed E-state index contributed by atoms with van der Waals surface area (Å²) in [7, 11) is 0. The third-order valence-corrected chi connectivity index (χ3v) is 1.61. The molecule has 0 amide bonds. The van der Waals surface area contributed by atoms with Crippen LogP contribution in [-0.4, -0.2) is 5.97 Å². The number of carboxylic acids is 1. The number of nitrogens with zero attached hydrogens (tertiary/aromatic N) is 1. The predicted molar refractivity (Wildman–Crippen MR) is 45.2 cm³/mol. The van der Waals surface area contributed by atoms with Gasteiger partial charge in [-0.3, -0.25) is 0 Å². The van der Waals surface area contributed by atoms with E-state index in [4.69, 9.17) is 5.26 Å². The summed E-state index contributed by atoms with van der Waals surface area (Å²) in [6.45, 7) is 3.33. The summed E-state index contributed by atoms with van der Waals surface area (Å²) >= 11 is 0. The second-order valence-corrected chi connectivity index (χ2v) is 2.46. The quantitative estimate of drug-likeness (QED) is 0.603. The van der Waals surface area contributed by atoms with Crippen LogP contribution in [-0.2, 0) is 4.79 Å². The molecule has 13 heavy (non-hydrogen) atoms. The molecule has 0 aliphatic carbocycles. The van der Waals surface area contributed by atoms with E-state index in [1.807, 2.05) is 6.07 Å². The zero-order valence-corrected chi connectivity index (χ0v) is 6.78. The highest BCUT2D eigenvalue weighted by molar-refractivity contribution is 6.13. The molecule has 0 aliphatic rings. The van der Waals surface area contributed by atoms with Gasteiger partial charge in [0.2, 0.25) is 0 Å². The van der Waals surface area contributed by atoms with E-state index in [1.165, 1.54) is 24.3 Å². The van der Waals surface area contributed by atoms with Crippen LogP contribution in [0.25, 0.3) is 5.57 Å². The van der Waals surface area contributed by atoms with E-state index in [2.05, 4.69) is 6.58 Å². The second-order valence-electron chi connectivity index (χ2n) is 2.46. The lowest BCUT2D eigenvalue weighted by atomic mass is 10.1. The molecule has 64 valence electrons. The molecule has 0 unspecified atom stereocenters. The summed E-state index contributed by atoms with van der Waals surface area (Å²) in [5.41, 5.74) is 0.860. The molecule has 0 radical (unpaired) electrons. The largest absolute Gasteiger partial charge is 0.545 e. The Bertz CT molecular complexity index is 384. The lowest BCUT2D eigenvalue weighted by Crippen LogP contribution is -2.22. The van der Waals surface area contributed by atoms with Gasteiger partial charge in [0.05, 0.1) is 17.6 Å². The van der Waals surface area contributed by atoms with Crippen LogP contribution in [0.5, 0.6) is 0 Å². The Morgan fingerprint density at radius 2 is 1.92 bits per heavy atom. The Labute approximate surface area is 75.5 Å². The molecule has 0 spiro atoms. The molecule has 0 atom stereocenters.